The second kappa shape index (κ2) is 7.34. The summed E-state index contributed by atoms with van der Waals surface area (Å²) in [5.74, 6) is 0.815. The molecular weight excluding hydrogens is 212 g/mol. The first-order chi connectivity index (χ1) is 8.07. The van der Waals surface area contributed by atoms with Crippen molar-refractivity contribution in [3.63, 3.8) is 0 Å². The summed E-state index contributed by atoms with van der Waals surface area (Å²) in [5, 5.41) is 13.6. The Hall–Kier alpha value is -0.120. The van der Waals surface area contributed by atoms with Gasteiger partial charge < -0.3 is 15.3 Å². The van der Waals surface area contributed by atoms with Crippen molar-refractivity contribution in [1.82, 2.24) is 10.2 Å². The van der Waals surface area contributed by atoms with Crippen molar-refractivity contribution < 1.29 is 5.11 Å². The summed E-state index contributed by atoms with van der Waals surface area (Å²) < 4.78 is 0. The molecule has 0 aromatic rings. The Kier molecular flexibility index (Phi) is 6.45. The van der Waals surface area contributed by atoms with Crippen LogP contribution in [0.1, 0.15) is 46.5 Å². The molecular formula is C14H30N2O. The van der Waals surface area contributed by atoms with Gasteiger partial charge in [0.05, 0.1) is 5.60 Å². The van der Waals surface area contributed by atoms with Gasteiger partial charge in [-0.15, -0.1) is 0 Å². The maximum absolute atomic E-state index is 10.2. The number of nitrogens with one attached hydrogen (secondary N) is 1. The molecule has 1 heterocycles. The van der Waals surface area contributed by atoms with Crippen LogP contribution in [0.3, 0.4) is 0 Å². The fraction of sp³-hybridized carbons (Fsp3) is 1.00. The molecule has 0 spiro atoms. The third kappa shape index (κ3) is 5.84. The van der Waals surface area contributed by atoms with Crippen LogP contribution >= 0.6 is 0 Å². The lowest BCUT2D eigenvalue weighted by atomic mass is 9.96. The van der Waals surface area contributed by atoms with Gasteiger partial charge in [0.15, 0.2) is 0 Å². The van der Waals surface area contributed by atoms with E-state index < -0.39 is 5.60 Å². The average molecular weight is 242 g/mol. The van der Waals surface area contributed by atoms with Crippen LogP contribution in [0.25, 0.3) is 0 Å². The Morgan fingerprint density at radius 3 is 2.47 bits per heavy atom. The van der Waals surface area contributed by atoms with Crippen LogP contribution in [0.5, 0.6) is 0 Å². The summed E-state index contributed by atoms with van der Waals surface area (Å²) in [4.78, 5) is 2.46. The molecule has 0 aliphatic carbocycles. The Balaban J connectivity index is 2.41. The van der Waals surface area contributed by atoms with Crippen LogP contribution in [-0.4, -0.2) is 48.3 Å². The zero-order chi connectivity index (χ0) is 12.7. The minimum absolute atomic E-state index is 0.526. The van der Waals surface area contributed by atoms with E-state index in [1.54, 1.807) is 0 Å². The van der Waals surface area contributed by atoms with E-state index >= 15 is 0 Å². The second-order valence-corrected chi connectivity index (χ2v) is 5.78. The number of hydrogen-bond acceptors (Lipinski definition) is 3. The summed E-state index contributed by atoms with van der Waals surface area (Å²) in [6.45, 7) is 11.7. The van der Waals surface area contributed by atoms with Gasteiger partial charge in [0.2, 0.25) is 0 Å². The molecule has 1 unspecified atom stereocenters. The van der Waals surface area contributed by atoms with Gasteiger partial charge >= 0.3 is 0 Å². The van der Waals surface area contributed by atoms with E-state index in [-0.39, 0.29) is 0 Å². The van der Waals surface area contributed by atoms with Crippen LogP contribution in [0.2, 0.25) is 0 Å². The lowest BCUT2D eigenvalue weighted by Crippen LogP contribution is -2.44. The highest BCUT2D eigenvalue weighted by Gasteiger charge is 2.24. The van der Waals surface area contributed by atoms with E-state index in [1.165, 1.54) is 19.3 Å². The van der Waals surface area contributed by atoms with Crippen molar-refractivity contribution in [3.8, 4) is 0 Å². The predicted octanol–water partition coefficient (Wildman–Crippen LogP) is 1.86. The average Bonchev–Trinajstić information content (AvgIpc) is 2.30. The van der Waals surface area contributed by atoms with Crippen LogP contribution in [0.15, 0.2) is 0 Å². The molecule has 1 saturated heterocycles. The number of hydrogen-bond donors (Lipinski definition) is 2. The molecule has 1 fully saturated rings. The minimum Gasteiger partial charge on any atom is -0.389 e. The molecule has 1 atom stereocenters. The Labute approximate surface area is 107 Å². The smallest absolute Gasteiger partial charge is 0.0743 e. The van der Waals surface area contributed by atoms with Crippen molar-refractivity contribution >= 4 is 0 Å². The molecule has 3 nitrogen and oxygen atoms in total. The lowest BCUT2D eigenvalue weighted by molar-refractivity contribution is 0.0107. The molecule has 17 heavy (non-hydrogen) atoms. The zero-order valence-electron chi connectivity index (χ0n) is 11.8. The molecule has 102 valence electrons. The van der Waals surface area contributed by atoms with Gasteiger partial charge in [0.25, 0.3) is 0 Å². The number of piperidine rings is 1. The van der Waals surface area contributed by atoms with E-state index in [4.69, 9.17) is 0 Å². The highest BCUT2D eigenvalue weighted by Crippen LogP contribution is 2.17. The SMILES string of the molecule is CCCN(CC1CCNCC1)CC(C)(O)CC. The number of rotatable bonds is 7. The molecule has 0 aromatic heterocycles. The Bertz CT molecular complexity index is 200. The van der Waals surface area contributed by atoms with E-state index in [2.05, 4.69) is 24.1 Å². The maximum atomic E-state index is 10.2. The summed E-state index contributed by atoms with van der Waals surface area (Å²) in [7, 11) is 0. The fourth-order valence-electron chi connectivity index (χ4n) is 2.57. The minimum atomic E-state index is -0.526. The maximum Gasteiger partial charge on any atom is 0.0743 e. The van der Waals surface area contributed by atoms with Gasteiger partial charge in [0.1, 0.15) is 0 Å². The molecule has 0 bridgehead atoms. The van der Waals surface area contributed by atoms with Crippen molar-refractivity contribution in [2.24, 2.45) is 5.92 Å². The number of aliphatic hydroxyl groups is 1. The number of nitrogens with zero attached hydrogens (tertiary/aromatic N) is 1. The van der Waals surface area contributed by atoms with Crippen molar-refractivity contribution in [3.05, 3.63) is 0 Å². The van der Waals surface area contributed by atoms with Crippen LogP contribution in [0.4, 0.5) is 0 Å². The third-order valence-electron chi connectivity index (χ3n) is 3.84. The van der Waals surface area contributed by atoms with Crippen LogP contribution < -0.4 is 5.32 Å². The fourth-order valence-corrected chi connectivity index (χ4v) is 2.57. The van der Waals surface area contributed by atoms with E-state index in [0.717, 1.165) is 45.1 Å². The first kappa shape index (κ1) is 14.9. The molecule has 0 radical (unpaired) electrons. The van der Waals surface area contributed by atoms with Crippen molar-refractivity contribution in [2.45, 2.75) is 52.1 Å². The zero-order valence-corrected chi connectivity index (χ0v) is 11.8. The van der Waals surface area contributed by atoms with Crippen molar-refractivity contribution in [2.75, 3.05) is 32.7 Å². The van der Waals surface area contributed by atoms with Crippen molar-refractivity contribution in [1.29, 1.82) is 0 Å². The van der Waals surface area contributed by atoms with Gasteiger partial charge in [-0.2, -0.15) is 0 Å². The highest BCUT2D eigenvalue weighted by atomic mass is 16.3. The quantitative estimate of drug-likeness (QED) is 0.715. The topological polar surface area (TPSA) is 35.5 Å². The van der Waals surface area contributed by atoms with E-state index in [0.29, 0.717) is 0 Å². The third-order valence-corrected chi connectivity index (χ3v) is 3.84. The molecule has 0 amide bonds. The van der Waals surface area contributed by atoms with Gasteiger partial charge in [-0.25, -0.2) is 0 Å². The molecule has 1 aliphatic heterocycles. The standard InChI is InChI=1S/C14H30N2O/c1-4-10-16(12-14(3,17)5-2)11-13-6-8-15-9-7-13/h13,15,17H,4-12H2,1-3H3. The molecule has 0 aromatic carbocycles. The normalized spacial score (nSPS) is 21.7. The van der Waals surface area contributed by atoms with Gasteiger partial charge in [-0.3, -0.25) is 0 Å². The largest absolute Gasteiger partial charge is 0.389 e. The summed E-state index contributed by atoms with van der Waals surface area (Å²) in [5.41, 5.74) is -0.526. The first-order valence-corrected chi connectivity index (χ1v) is 7.23. The monoisotopic (exact) mass is 242 g/mol. The first-order valence-electron chi connectivity index (χ1n) is 7.23. The predicted molar refractivity (Wildman–Crippen MR) is 73.2 cm³/mol. The van der Waals surface area contributed by atoms with Gasteiger partial charge in [-0.1, -0.05) is 13.8 Å². The van der Waals surface area contributed by atoms with E-state index in [9.17, 15) is 5.11 Å². The Morgan fingerprint density at radius 1 is 1.29 bits per heavy atom. The second-order valence-electron chi connectivity index (χ2n) is 5.78. The molecule has 2 N–H and O–H groups in total. The molecule has 3 heteroatoms. The summed E-state index contributed by atoms with van der Waals surface area (Å²) >= 11 is 0. The van der Waals surface area contributed by atoms with Crippen LogP contribution in [-0.2, 0) is 0 Å². The molecule has 0 saturated carbocycles. The Morgan fingerprint density at radius 2 is 1.94 bits per heavy atom. The van der Waals surface area contributed by atoms with Gasteiger partial charge in [-0.05, 0) is 58.2 Å². The van der Waals surface area contributed by atoms with Gasteiger partial charge in [0, 0.05) is 13.1 Å². The van der Waals surface area contributed by atoms with E-state index in [1.807, 2.05) is 6.92 Å². The molecule has 1 rings (SSSR count). The highest BCUT2D eigenvalue weighted by molar-refractivity contribution is 4.79. The lowest BCUT2D eigenvalue weighted by Gasteiger charge is -2.34. The summed E-state index contributed by atoms with van der Waals surface area (Å²) in [6.07, 6.45) is 4.58. The van der Waals surface area contributed by atoms with Crippen LogP contribution in [0, 0.1) is 5.92 Å². The molecule has 1 aliphatic rings. The summed E-state index contributed by atoms with van der Waals surface area (Å²) in [6, 6.07) is 0.